The van der Waals surface area contributed by atoms with Gasteiger partial charge in [0, 0.05) is 17.0 Å². The molecule has 0 saturated carbocycles. The van der Waals surface area contributed by atoms with Crippen molar-refractivity contribution in [2.45, 2.75) is 12.3 Å². The fourth-order valence-corrected chi connectivity index (χ4v) is 2.14. The summed E-state index contributed by atoms with van der Waals surface area (Å²) in [5.74, 6) is 0.656. The second-order valence-corrected chi connectivity index (χ2v) is 4.89. The van der Waals surface area contributed by atoms with Gasteiger partial charge in [-0.25, -0.2) is 4.39 Å². The van der Waals surface area contributed by atoms with E-state index in [-0.39, 0.29) is 5.02 Å². The normalized spacial score (nSPS) is 10.4. The lowest BCUT2D eigenvalue weighted by atomic mass is 10.1. The van der Waals surface area contributed by atoms with E-state index in [1.165, 1.54) is 12.1 Å². The molecule has 0 atom stereocenters. The minimum atomic E-state index is -0.485. The van der Waals surface area contributed by atoms with Gasteiger partial charge in [0.1, 0.15) is 17.3 Å². The number of ether oxygens (including phenoxy) is 1. The van der Waals surface area contributed by atoms with Crippen molar-refractivity contribution in [1.82, 2.24) is 0 Å². The van der Waals surface area contributed by atoms with E-state index in [2.05, 4.69) is 15.9 Å². The van der Waals surface area contributed by atoms with Gasteiger partial charge in [0.2, 0.25) is 0 Å². The predicted octanol–water partition coefficient (Wildman–Crippen LogP) is 5.47. The standard InChI is InChI=1S/C14H11BrClFO/c1-9-2-5-14(10(6-9)8-15)18-11-3-4-12(16)13(17)7-11/h2-7H,8H2,1H3. The van der Waals surface area contributed by atoms with Crippen LogP contribution in [0.2, 0.25) is 5.02 Å². The van der Waals surface area contributed by atoms with Crippen LogP contribution in [-0.4, -0.2) is 0 Å². The summed E-state index contributed by atoms with van der Waals surface area (Å²) >= 11 is 9.03. The van der Waals surface area contributed by atoms with Crippen molar-refractivity contribution >= 4 is 27.5 Å². The van der Waals surface area contributed by atoms with Gasteiger partial charge in [0.25, 0.3) is 0 Å². The van der Waals surface area contributed by atoms with E-state index in [1.54, 1.807) is 6.07 Å². The zero-order valence-corrected chi connectivity index (χ0v) is 12.1. The van der Waals surface area contributed by atoms with Gasteiger partial charge in [-0.1, -0.05) is 45.2 Å². The van der Waals surface area contributed by atoms with Gasteiger partial charge in [-0.15, -0.1) is 0 Å². The molecule has 0 aromatic heterocycles. The lowest BCUT2D eigenvalue weighted by molar-refractivity contribution is 0.473. The summed E-state index contributed by atoms with van der Waals surface area (Å²) < 4.78 is 19.0. The average molecular weight is 330 g/mol. The zero-order chi connectivity index (χ0) is 13.1. The molecule has 0 unspecified atom stereocenters. The monoisotopic (exact) mass is 328 g/mol. The molecule has 0 bridgehead atoms. The summed E-state index contributed by atoms with van der Waals surface area (Å²) in [7, 11) is 0. The Morgan fingerprint density at radius 1 is 1.22 bits per heavy atom. The van der Waals surface area contributed by atoms with E-state index in [1.807, 2.05) is 25.1 Å². The van der Waals surface area contributed by atoms with Crippen molar-refractivity contribution in [2.24, 2.45) is 0 Å². The quantitative estimate of drug-likeness (QED) is 0.678. The van der Waals surface area contributed by atoms with Gasteiger partial charge in [-0.2, -0.15) is 0 Å². The minimum Gasteiger partial charge on any atom is -0.457 e. The third-order valence-electron chi connectivity index (χ3n) is 2.48. The first-order chi connectivity index (χ1) is 8.60. The highest BCUT2D eigenvalue weighted by Gasteiger charge is 2.06. The van der Waals surface area contributed by atoms with Crippen molar-refractivity contribution < 1.29 is 9.13 Å². The molecule has 0 fully saturated rings. The number of halogens is 3. The first-order valence-electron chi connectivity index (χ1n) is 5.38. The van der Waals surface area contributed by atoms with Crippen LogP contribution in [0.25, 0.3) is 0 Å². The zero-order valence-electron chi connectivity index (χ0n) is 9.71. The summed E-state index contributed by atoms with van der Waals surface area (Å²) in [4.78, 5) is 0. The molecular weight excluding hydrogens is 319 g/mol. The smallest absolute Gasteiger partial charge is 0.145 e. The molecule has 94 valence electrons. The fraction of sp³-hybridized carbons (Fsp3) is 0.143. The maximum atomic E-state index is 13.3. The van der Waals surface area contributed by atoms with Crippen molar-refractivity contribution in [3.05, 3.63) is 58.4 Å². The summed E-state index contributed by atoms with van der Waals surface area (Å²) in [6, 6.07) is 10.3. The number of aryl methyl sites for hydroxylation is 1. The number of hydrogen-bond donors (Lipinski definition) is 0. The van der Waals surface area contributed by atoms with E-state index in [0.717, 1.165) is 11.1 Å². The highest BCUT2D eigenvalue weighted by Crippen LogP contribution is 2.29. The Kier molecular flexibility index (Phi) is 4.25. The van der Waals surface area contributed by atoms with Gasteiger partial charge in [-0.05, 0) is 25.1 Å². The van der Waals surface area contributed by atoms with Crippen LogP contribution in [0.1, 0.15) is 11.1 Å². The summed E-state index contributed by atoms with van der Waals surface area (Å²) in [5, 5.41) is 0.770. The Bertz CT molecular complexity index is 572. The Hall–Kier alpha value is -1.06. The molecule has 1 nitrogen and oxygen atoms in total. The van der Waals surface area contributed by atoms with Crippen molar-refractivity contribution in [1.29, 1.82) is 0 Å². The van der Waals surface area contributed by atoms with Crippen LogP contribution >= 0.6 is 27.5 Å². The van der Waals surface area contributed by atoms with Crippen molar-refractivity contribution in [3.8, 4) is 11.5 Å². The van der Waals surface area contributed by atoms with Gasteiger partial charge >= 0.3 is 0 Å². The van der Waals surface area contributed by atoms with Gasteiger partial charge in [0.05, 0.1) is 5.02 Å². The Morgan fingerprint density at radius 2 is 2.00 bits per heavy atom. The molecule has 18 heavy (non-hydrogen) atoms. The molecule has 0 heterocycles. The van der Waals surface area contributed by atoms with E-state index in [9.17, 15) is 4.39 Å². The number of benzene rings is 2. The second-order valence-electron chi connectivity index (χ2n) is 3.92. The molecule has 2 aromatic rings. The third kappa shape index (κ3) is 3.03. The molecule has 0 saturated heterocycles. The molecule has 0 radical (unpaired) electrons. The fourth-order valence-electron chi connectivity index (χ4n) is 1.58. The molecule has 0 aliphatic heterocycles. The summed E-state index contributed by atoms with van der Waals surface area (Å²) in [6.45, 7) is 2.01. The number of alkyl halides is 1. The molecule has 4 heteroatoms. The maximum absolute atomic E-state index is 13.3. The topological polar surface area (TPSA) is 9.23 Å². The summed E-state index contributed by atoms with van der Waals surface area (Å²) in [5.41, 5.74) is 2.17. The molecule has 2 rings (SSSR count). The summed E-state index contributed by atoms with van der Waals surface area (Å²) in [6.07, 6.45) is 0. The van der Waals surface area contributed by atoms with E-state index in [0.29, 0.717) is 16.8 Å². The van der Waals surface area contributed by atoms with Gasteiger partial charge < -0.3 is 4.74 Å². The predicted molar refractivity (Wildman–Crippen MR) is 75.3 cm³/mol. The van der Waals surface area contributed by atoms with E-state index in [4.69, 9.17) is 16.3 Å². The molecule has 0 amide bonds. The minimum absolute atomic E-state index is 0.0898. The molecular formula is C14H11BrClFO. The molecule has 0 spiro atoms. The van der Waals surface area contributed by atoms with Crippen molar-refractivity contribution in [2.75, 3.05) is 0 Å². The first-order valence-corrected chi connectivity index (χ1v) is 6.88. The van der Waals surface area contributed by atoms with Crippen LogP contribution in [-0.2, 0) is 5.33 Å². The lowest BCUT2D eigenvalue weighted by Gasteiger charge is -2.10. The van der Waals surface area contributed by atoms with Crippen LogP contribution in [0.4, 0.5) is 4.39 Å². The van der Waals surface area contributed by atoms with Gasteiger partial charge in [0.15, 0.2) is 0 Å². The molecule has 0 aliphatic carbocycles. The molecule has 2 aromatic carbocycles. The van der Waals surface area contributed by atoms with Crippen molar-refractivity contribution in [3.63, 3.8) is 0 Å². The first kappa shape index (κ1) is 13.4. The Labute approximate surface area is 119 Å². The van der Waals surface area contributed by atoms with E-state index < -0.39 is 5.82 Å². The van der Waals surface area contributed by atoms with Crippen LogP contribution in [0.5, 0.6) is 11.5 Å². The highest BCUT2D eigenvalue weighted by atomic mass is 79.9. The molecule has 0 aliphatic rings. The Balaban J connectivity index is 2.30. The molecule has 0 N–H and O–H groups in total. The SMILES string of the molecule is Cc1ccc(Oc2ccc(Cl)c(F)c2)c(CBr)c1. The second kappa shape index (κ2) is 5.72. The maximum Gasteiger partial charge on any atom is 0.145 e. The van der Waals surface area contributed by atoms with Gasteiger partial charge in [-0.3, -0.25) is 0 Å². The number of rotatable bonds is 3. The van der Waals surface area contributed by atoms with Crippen LogP contribution < -0.4 is 4.74 Å². The van der Waals surface area contributed by atoms with Crippen LogP contribution in [0, 0.1) is 12.7 Å². The lowest BCUT2D eigenvalue weighted by Crippen LogP contribution is -1.91. The largest absolute Gasteiger partial charge is 0.457 e. The third-order valence-corrected chi connectivity index (χ3v) is 3.39. The number of hydrogen-bond acceptors (Lipinski definition) is 1. The van der Waals surface area contributed by atoms with E-state index >= 15 is 0 Å². The van der Waals surface area contributed by atoms with Crippen LogP contribution in [0.3, 0.4) is 0 Å². The van der Waals surface area contributed by atoms with Crippen LogP contribution in [0.15, 0.2) is 36.4 Å². The average Bonchev–Trinajstić information content (AvgIpc) is 2.36. The Morgan fingerprint density at radius 3 is 2.67 bits per heavy atom. The highest BCUT2D eigenvalue weighted by molar-refractivity contribution is 9.08.